The van der Waals surface area contributed by atoms with Crippen molar-refractivity contribution < 1.29 is 27.5 Å². The van der Waals surface area contributed by atoms with Crippen molar-refractivity contribution in [2.24, 2.45) is 0 Å². The Kier molecular flexibility index (Phi) is 11.5. The fourth-order valence-electron chi connectivity index (χ4n) is 2.92. The summed E-state index contributed by atoms with van der Waals surface area (Å²) in [6, 6.07) is 10.8. The van der Waals surface area contributed by atoms with Gasteiger partial charge in [-0.3, -0.25) is 4.31 Å². The quantitative estimate of drug-likeness (QED) is 0.183. The SMILES string of the molecule is CCCCN(S)C(=O)NCCCCOC(=O)c1ccc(NC(=O)NS(=O)(=O)c2ccc(C)cc2)cc1. The minimum Gasteiger partial charge on any atom is -0.462 e. The van der Waals surface area contributed by atoms with E-state index in [1.807, 2.05) is 18.6 Å². The lowest BCUT2D eigenvalue weighted by Gasteiger charge is -2.15. The van der Waals surface area contributed by atoms with Gasteiger partial charge in [0.2, 0.25) is 0 Å². The Morgan fingerprint density at radius 2 is 1.64 bits per heavy atom. The van der Waals surface area contributed by atoms with Crippen LogP contribution in [0.5, 0.6) is 0 Å². The first-order chi connectivity index (χ1) is 17.1. The van der Waals surface area contributed by atoms with Gasteiger partial charge in [-0.1, -0.05) is 43.9 Å². The number of unbranched alkanes of at least 4 members (excludes halogenated alkanes) is 2. The lowest BCUT2D eigenvalue weighted by Crippen LogP contribution is -2.35. The van der Waals surface area contributed by atoms with E-state index in [4.69, 9.17) is 4.74 Å². The van der Waals surface area contributed by atoms with E-state index in [9.17, 15) is 22.8 Å². The van der Waals surface area contributed by atoms with Gasteiger partial charge >= 0.3 is 18.0 Å². The normalized spacial score (nSPS) is 10.9. The molecule has 0 atom stereocenters. The molecule has 0 unspecified atom stereocenters. The number of anilines is 1. The van der Waals surface area contributed by atoms with Crippen molar-refractivity contribution in [1.82, 2.24) is 14.3 Å². The van der Waals surface area contributed by atoms with E-state index in [0.29, 0.717) is 31.6 Å². The second-order valence-corrected chi connectivity index (χ2v) is 10.2. The Balaban J connectivity index is 1.71. The minimum absolute atomic E-state index is 0.0284. The number of amides is 4. The van der Waals surface area contributed by atoms with Crippen LogP contribution in [0.3, 0.4) is 0 Å². The average molecular weight is 537 g/mol. The molecule has 0 aromatic heterocycles. The van der Waals surface area contributed by atoms with Crippen LogP contribution < -0.4 is 15.4 Å². The van der Waals surface area contributed by atoms with Gasteiger partial charge in [0.15, 0.2) is 0 Å². The highest BCUT2D eigenvalue weighted by molar-refractivity contribution is 7.90. The molecule has 4 amide bonds. The molecule has 0 saturated heterocycles. The first kappa shape index (κ1) is 29.0. The van der Waals surface area contributed by atoms with E-state index in [-0.39, 0.29) is 23.1 Å². The summed E-state index contributed by atoms with van der Waals surface area (Å²) in [5.74, 6) is -0.530. The van der Waals surface area contributed by atoms with Crippen molar-refractivity contribution in [3.63, 3.8) is 0 Å². The summed E-state index contributed by atoms with van der Waals surface area (Å²) in [5, 5.41) is 5.17. The van der Waals surface area contributed by atoms with Crippen LogP contribution in [-0.4, -0.2) is 50.5 Å². The van der Waals surface area contributed by atoms with Gasteiger partial charge in [-0.15, -0.1) is 0 Å². The third-order valence-electron chi connectivity index (χ3n) is 4.98. The molecule has 0 heterocycles. The van der Waals surface area contributed by atoms with Gasteiger partial charge < -0.3 is 15.4 Å². The van der Waals surface area contributed by atoms with Crippen molar-refractivity contribution in [1.29, 1.82) is 0 Å². The Bertz CT molecular complexity index is 1120. The van der Waals surface area contributed by atoms with Gasteiger partial charge in [0, 0.05) is 18.8 Å². The largest absolute Gasteiger partial charge is 0.462 e. The third-order valence-corrected chi connectivity index (χ3v) is 6.70. The highest BCUT2D eigenvalue weighted by Crippen LogP contribution is 2.13. The molecule has 3 N–H and O–H groups in total. The number of rotatable bonds is 12. The average Bonchev–Trinajstić information content (AvgIpc) is 2.84. The molecule has 196 valence electrons. The molecule has 0 aliphatic rings. The first-order valence-corrected chi connectivity index (χ1v) is 13.4. The molecule has 2 aromatic carbocycles. The van der Waals surface area contributed by atoms with Gasteiger partial charge in [0.1, 0.15) is 0 Å². The summed E-state index contributed by atoms with van der Waals surface area (Å²) in [6.45, 7) is 5.07. The predicted octanol–water partition coefficient (Wildman–Crippen LogP) is 4.10. The Morgan fingerprint density at radius 3 is 2.28 bits per heavy atom. The van der Waals surface area contributed by atoms with E-state index >= 15 is 0 Å². The fraction of sp³-hybridized carbons (Fsp3) is 0.375. The standard InChI is InChI=1S/C24H32N4O6S2/c1-3-4-16-28(35)24(31)25-15-5-6-17-34-22(29)19-9-11-20(12-10-19)26-23(30)27-36(32,33)21-13-7-18(2)8-14-21/h7-14,35H,3-6,15-17H2,1-2H3,(H,25,31)(H2,26,27,30). The molecule has 0 saturated carbocycles. The summed E-state index contributed by atoms with van der Waals surface area (Å²) in [5.41, 5.74) is 1.48. The van der Waals surface area contributed by atoms with Crippen molar-refractivity contribution in [3.05, 3.63) is 59.7 Å². The number of benzene rings is 2. The molecule has 36 heavy (non-hydrogen) atoms. The van der Waals surface area contributed by atoms with Crippen molar-refractivity contribution >= 4 is 46.6 Å². The molecule has 0 fully saturated rings. The number of carbonyl (C=O) groups excluding carboxylic acids is 3. The molecule has 12 heteroatoms. The predicted molar refractivity (Wildman–Crippen MR) is 140 cm³/mol. The Morgan fingerprint density at radius 1 is 0.972 bits per heavy atom. The summed E-state index contributed by atoms with van der Waals surface area (Å²) in [4.78, 5) is 36.1. The summed E-state index contributed by atoms with van der Waals surface area (Å²) in [6.07, 6.45) is 3.07. The minimum atomic E-state index is -4.01. The molecular weight excluding hydrogens is 504 g/mol. The maximum Gasteiger partial charge on any atom is 0.338 e. The van der Waals surface area contributed by atoms with Crippen LogP contribution >= 0.6 is 12.8 Å². The van der Waals surface area contributed by atoms with Gasteiger partial charge in [0.05, 0.1) is 17.1 Å². The molecule has 2 aromatic rings. The van der Waals surface area contributed by atoms with Crippen LogP contribution in [0.15, 0.2) is 53.4 Å². The molecule has 0 bridgehead atoms. The molecule has 10 nitrogen and oxygen atoms in total. The second kappa shape index (κ2) is 14.3. The zero-order chi connectivity index (χ0) is 26.6. The number of urea groups is 2. The van der Waals surface area contributed by atoms with Crippen molar-refractivity contribution in [3.8, 4) is 0 Å². The number of ether oxygens (including phenoxy) is 1. The molecule has 0 radical (unpaired) electrons. The number of hydrogen-bond acceptors (Lipinski definition) is 7. The van der Waals surface area contributed by atoms with Crippen molar-refractivity contribution in [2.45, 2.75) is 44.4 Å². The number of sulfonamides is 1. The number of nitrogens with zero attached hydrogens (tertiary/aromatic N) is 1. The lowest BCUT2D eigenvalue weighted by atomic mass is 10.2. The molecule has 0 aliphatic heterocycles. The Hall–Kier alpha value is -3.25. The van der Waals surface area contributed by atoms with E-state index in [1.165, 1.54) is 40.7 Å². The van der Waals surface area contributed by atoms with E-state index in [2.05, 4.69) is 23.4 Å². The number of aryl methyl sites for hydroxylation is 1. The summed E-state index contributed by atoms with van der Waals surface area (Å²) in [7, 11) is -4.01. The number of hydrogen-bond donors (Lipinski definition) is 4. The highest BCUT2D eigenvalue weighted by Gasteiger charge is 2.17. The monoisotopic (exact) mass is 536 g/mol. The van der Waals surface area contributed by atoms with Crippen LogP contribution in [0.4, 0.5) is 15.3 Å². The lowest BCUT2D eigenvalue weighted by molar-refractivity contribution is 0.0498. The topological polar surface area (TPSA) is 134 Å². The maximum atomic E-state index is 12.3. The van der Waals surface area contributed by atoms with Crippen LogP contribution in [-0.2, 0) is 14.8 Å². The summed E-state index contributed by atoms with van der Waals surface area (Å²) < 4.78 is 33.1. The van der Waals surface area contributed by atoms with Gasteiger partial charge in [-0.25, -0.2) is 27.5 Å². The molecule has 0 spiro atoms. The third kappa shape index (κ3) is 9.78. The number of thiol groups is 1. The highest BCUT2D eigenvalue weighted by atomic mass is 32.2. The van der Waals surface area contributed by atoms with Gasteiger partial charge in [-0.05, 0) is 62.6 Å². The molecule has 2 rings (SSSR count). The number of nitrogens with one attached hydrogen (secondary N) is 3. The number of esters is 1. The van der Waals surface area contributed by atoms with E-state index in [1.54, 1.807) is 12.1 Å². The zero-order valence-corrected chi connectivity index (χ0v) is 22.0. The van der Waals surface area contributed by atoms with Crippen LogP contribution in [0.1, 0.15) is 48.5 Å². The van der Waals surface area contributed by atoms with Crippen LogP contribution in [0.25, 0.3) is 0 Å². The first-order valence-electron chi connectivity index (χ1n) is 11.5. The van der Waals surface area contributed by atoms with Gasteiger partial charge in [-0.2, -0.15) is 0 Å². The summed E-state index contributed by atoms with van der Waals surface area (Å²) >= 11 is 4.13. The van der Waals surface area contributed by atoms with Crippen LogP contribution in [0.2, 0.25) is 0 Å². The smallest absolute Gasteiger partial charge is 0.338 e. The fourth-order valence-corrected chi connectivity index (χ4v) is 4.04. The van der Waals surface area contributed by atoms with E-state index < -0.39 is 22.0 Å². The number of carbonyl (C=O) groups is 3. The van der Waals surface area contributed by atoms with Gasteiger partial charge in [0.25, 0.3) is 10.0 Å². The second-order valence-electron chi connectivity index (χ2n) is 8.00. The maximum absolute atomic E-state index is 12.3. The molecule has 0 aliphatic carbocycles. The zero-order valence-electron chi connectivity index (χ0n) is 20.3. The van der Waals surface area contributed by atoms with Crippen molar-refractivity contribution in [2.75, 3.05) is 25.0 Å². The molecular formula is C24H32N4O6S2. The Labute approximate surface area is 217 Å². The van der Waals surface area contributed by atoms with Crippen LogP contribution in [0, 0.1) is 6.92 Å². The van der Waals surface area contributed by atoms with E-state index in [0.717, 1.165) is 18.4 Å².